The standard InChI is InChI=1S/C32H34ClF2N6O2PS2.C13H21NS/c33-23-7-5-21(6-8-23)26-4-2-1-3-22(26)18-40-14-11-24(12-15-40)41-16-13-27-29(19-41)37-20-38-31(27)39-46(42,43)25-9-10-28(36)30(17-25)45-32(34,35)44;1-12-7-6-8-13(11-12)15-10-5-4-9-14(2)3/h1-10,17,20,24H,11-16,18-19,36,44H2,(H,37,38,39);6-8,11H,4-5,9-10H2,1-3H3. The predicted molar refractivity (Wildman–Crippen MR) is 253 cm³/mol. The van der Waals surface area contributed by atoms with Gasteiger partial charge in [0, 0.05) is 51.7 Å². The molecule has 16 heteroatoms. The lowest BCUT2D eigenvalue weighted by atomic mass is 9.96. The maximum Gasteiger partial charge on any atom is 0.308 e. The third-order valence-corrected chi connectivity index (χ3v) is 14.6. The van der Waals surface area contributed by atoms with Gasteiger partial charge >= 0.3 is 5.00 Å². The fraction of sp³-hybridized carbons (Fsp3) is 0.378. The minimum Gasteiger partial charge on any atom is -0.398 e. The Morgan fingerprint density at radius 1 is 0.967 bits per heavy atom. The number of hydrogen-bond acceptors (Lipinski definition) is 10. The van der Waals surface area contributed by atoms with Gasteiger partial charge in [-0.1, -0.05) is 65.7 Å². The molecule has 7 rings (SSSR count). The molecular formula is C45H55ClF2N7O2PS3. The molecule has 2 aliphatic rings. The van der Waals surface area contributed by atoms with Gasteiger partial charge in [-0.25, -0.2) is 18.4 Å². The Hall–Kier alpha value is -3.33. The van der Waals surface area contributed by atoms with E-state index in [4.69, 9.17) is 17.3 Å². The van der Waals surface area contributed by atoms with E-state index in [1.165, 1.54) is 74.4 Å². The summed E-state index contributed by atoms with van der Waals surface area (Å²) in [6.45, 7) is 7.53. The smallest absolute Gasteiger partial charge is 0.308 e. The third kappa shape index (κ3) is 14.1. The topological polar surface area (TPSA) is 108 Å². The van der Waals surface area contributed by atoms with Gasteiger partial charge in [0.25, 0.3) is 10.0 Å². The minimum atomic E-state index is -4.12. The van der Waals surface area contributed by atoms with Crippen molar-refractivity contribution < 1.29 is 17.2 Å². The van der Waals surface area contributed by atoms with Crippen molar-refractivity contribution in [3.05, 3.63) is 125 Å². The Morgan fingerprint density at radius 2 is 1.72 bits per heavy atom. The molecule has 9 nitrogen and oxygen atoms in total. The maximum atomic E-state index is 13.6. The van der Waals surface area contributed by atoms with Crippen LogP contribution in [0.2, 0.25) is 5.02 Å². The number of piperidine rings is 1. The van der Waals surface area contributed by atoms with Crippen molar-refractivity contribution in [2.24, 2.45) is 0 Å². The minimum absolute atomic E-state index is 0.0277. The van der Waals surface area contributed by atoms with E-state index in [2.05, 4.69) is 111 Å². The summed E-state index contributed by atoms with van der Waals surface area (Å²) in [6, 6.07) is 29.4. The summed E-state index contributed by atoms with van der Waals surface area (Å²) in [5.74, 6) is 1.44. The predicted octanol–water partition coefficient (Wildman–Crippen LogP) is 10.1. The van der Waals surface area contributed by atoms with E-state index < -0.39 is 15.0 Å². The molecule has 4 aromatic carbocycles. The number of aromatic nitrogens is 2. The molecule has 0 bridgehead atoms. The van der Waals surface area contributed by atoms with Crippen LogP contribution in [0.4, 0.5) is 20.3 Å². The largest absolute Gasteiger partial charge is 0.398 e. The van der Waals surface area contributed by atoms with Crippen molar-refractivity contribution in [2.45, 2.75) is 77.8 Å². The highest BCUT2D eigenvalue weighted by molar-refractivity contribution is 8.03. The van der Waals surface area contributed by atoms with Gasteiger partial charge in [0.1, 0.15) is 12.1 Å². The number of nitrogens with one attached hydrogen (secondary N) is 1. The van der Waals surface area contributed by atoms with E-state index >= 15 is 0 Å². The Bertz CT molecular complexity index is 2330. The molecule has 0 spiro atoms. The summed E-state index contributed by atoms with van der Waals surface area (Å²) in [4.78, 5) is 13.9. The van der Waals surface area contributed by atoms with Crippen LogP contribution < -0.4 is 10.5 Å². The van der Waals surface area contributed by atoms with Crippen molar-refractivity contribution in [1.29, 1.82) is 0 Å². The molecule has 3 heterocycles. The monoisotopic (exact) mass is 925 g/mol. The number of rotatable bonds is 15. The van der Waals surface area contributed by atoms with Crippen LogP contribution in [0.3, 0.4) is 0 Å². The van der Waals surface area contributed by atoms with E-state index in [0.717, 1.165) is 66.9 Å². The highest BCUT2D eigenvalue weighted by atomic mass is 35.5. The van der Waals surface area contributed by atoms with Crippen LogP contribution in [0.25, 0.3) is 11.1 Å². The first kappa shape index (κ1) is 47.2. The number of thioether (sulfide) groups is 2. The average Bonchev–Trinajstić information content (AvgIpc) is 3.22. The number of halogens is 3. The molecule has 0 radical (unpaired) electrons. The number of alkyl halides is 2. The summed E-state index contributed by atoms with van der Waals surface area (Å²) in [7, 11) is 1.56. The summed E-state index contributed by atoms with van der Waals surface area (Å²) >= 11 is 8.25. The SMILES string of the molecule is Cc1cccc(SCCCCN(C)C)c1.Nc1ccc(S(=O)(=O)Nc2ncnc3c2CCN(C2CCN(Cc4ccccc4-c4ccc(Cl)cc4)CC2)C3)cc1SC(F)(F)P. The first-order valence-electron chi connectivity index (χ1n) is 20.4. The van der Waals surface area contributed by atoms with Crippen LogP contribution in [0.1, 0.15) is 48.1 Å². The number of nitrogens with two attached hydrogens (primary N) is 1. The zero-order valence-electron chi connectivity index (χ0n) is 34.9. The van der Waals surface area contributed by atoms with Crippen LogP contribution in [0.5, 0.6) is 0 Å². The zero-order valence-corrected chi connectivity index (χ0v) is 39.2. The van der Waals surface area contributed by atoms with E-state index in [1.807, 2.05) is 23.9 Å². The number of aryl methyl sites for hydroxylation is 1. The third-order valence-electron chi connectivity index (χ3n) is 10.7. The first-order valence-corrected chi connectivity index (χ1v) is 24.6. The Kier molecular flexibility index (Phi) is 16.9. The highest BCUT2D eigenvalue weighted by Crippen LogP contribution is 2.44. The van der Waals surface area contributed by atoms with Crippen LogP contribution in [-0.4, -0.2) is 90.2 Å². The molecule has 1 fully saturated rings. The Labute approximate surface area is 375 Å². The molecule has 326 valence electrons. The lowest BCUT2D eigenvalue weighted by Crippen LogP contribution is -2.46. The van der Waals surface area contributed by atoms with Gasteiger partial charge in [-0.05, 0) is 159 Å². The molecule has 0 saturated carbocycles. The van der Waals surface area contributed by atoms with Crippen molar-refractivity contribution in [3.8, 4) is 11.1 Å². The molecule has 0 amide bonds. The normalized spacial score (nSPS) is 15.3. The number of sulfonamides is 1. The van der Waals surface area contributed by atoms with Gasteiger partial charge < -0.3 is 10.6 Å². The molecule has 1 unspecified atom stereocenters. The van der Waals surface area contributed by atoms with Crippen molar-refractivity contribution in [2.75, 3.05) is 56.5 Å². The van der Waals surface area contributed by atoms with E-state index in [0.29, 0.717) is 19.0 Å². The molecule has 3 N–H and O–H groups in total. The van der Waals surface area contributed by atoms with Crippen LogP contribution in [0.15, 0.2) is 112 Å². The van der Waals surface area contributed by atoms with Gasteiger partial charge in [-0.3, -0.25) is 14.5 Å². The van der Waals surface area contributed by atoms with E-state index in [-0.39, 0.29) is 33.1 Å². The molecule has 1 aromatic heterocycles. The summed E-state index contributed by atoms with van der Waals surface area (Å²) in [5.41, 5.74) is 12.4. The number of likely N-dealkylation sites (tertiary alicyclic amines) is 1. The van der Waals surface area contributed by atoms with Crippen LogP contribution >= 0.6 is 44.4 Å². The van der Waals surface area contributed by atoms with Crippen LogP contribution in [0, 0.1) is 6.92 Å². The summed E-state index contributed by atoms with van der Waals surface area (Å²) < 4.78 is 56.3. The Balaban J connectivity index is 0.000000351. The average molecular weight is 927 g/mol. The highest BCUT2D eigenvalue weighted by Gasteiger charge is 2.31. The number of hydrogen-bond donors (Lipinski definition) is 2. The van der Waals surface area contributed by atoms with Gasteiger partial charge in [0.15, 0.2) is 0 Å². The quantitative estimate of drug-likeness (QED) is 0.0456. The first-order chi connectivity index (χ1) is 29.1. The molecule has 5 aromatic rings. The van der Waals surface area contributed by atoms with Gasteiger partial charge in [-0.15, -0.1) is 11.8 Å². The molecule has 1 atom stereocenters. The zero-order chi connectivity index (χ0) is 43.6. The number of unbranched alkanes of at least 4 members (excludes halogenated alkanes) is 1. The molecule has 0 aliphatic carbocycles. The van der Waals surface area contributed by atoms with Gasteiger partial charge in [0.05, 0.1) is 10.6 Å². The Morgan fingerprint density at radius 3 is 2.44 bits per heavy atom. The van der Waals surface area contributed by atoms with Gasteiger partial charge in [0.2, 0.25) is 0 Å². The molecule has 61 heavy (non-hydrogen) atoms. The number of nitrogen functional groups attached to an aromatic ring is 1. The summed E-state index contributed by atoms with van der Waals surface area (Å²) in [5, 5.41) is 0.724. The lowest BCUT2D eigenvalue weighted by molar-refractivity contribution is 0.0937. The second kappa shape index (κ2) is 21.8. The van der Waals surface area contributed by atoms with Gasteiger partial charge in [-0.2, -0.15) is 8.78 Å². The number of anilines is 2. The van der Waals surface area contributed by atoms with Crippen molar-refractivity contribution in [3.63, 3.8) is 0 Å². The van der Waals surface area contributed by atoms with Crippen molar-refractivity contribution in [1.82, 2.24) is 24.7 Å². The molecular weight excluding hydrogens is 871 g/mol. The number of nitrogens with zero attached hydrogens (tertiary/aromatic N) is 5. The maximum absolute atomic E-state index is 13.6. The molecule has 1 saturated heterocycles. The summed E-state index contributed by atoms with van der Waals surface area (Å²) in [6.07, 6.45) is 6.60. The fourth-order valence-corrected chi connectivity index (χ4v) is 10.9. The van der Waals surface area contributed by atoms with Crippen LogP contribution in [-0.2, 0) is 29.5 Å². The lowest BCUT2D eigenvalue weighted by Gasteiger charge is -2.40. The second-order valence-electron chi connectivity index (χ2n) is 15.7. The van der Waals surface area contributed by atoms with E-state index in [9.17, 15) is 17.2 Å². The molecule has 2 aliphatic heterocycles. The fourth-order valence-electron chi connectivity index (χ4n) is 7.56. The van der Waals surface area contributed by atoms with E-state index in [1.54, 1.807) is 0 Å². The number of fused-ring (bicyclic) bond motifs is 1. The second-order valence-corrected chi connectivity index (χ2v) is 21.3. The van der Waals surface area contributed by atoms with Crippen molar-refractivity contribution >= 4 is 65.9 Å². The number of benzene rings is 4.